The minimum Gasteiger partial charge on any atom is -0.494 e. The molecule has 0 radical (unpaired) electrons. The van der Waals surface area contributed by atoms with Gasteiger partial charge in [0.1, 0.15) is 11.5 Å². The van der Waals surface area contributed by atoms with E-state index in [0.717, 1.165) is 35.5 Å². The van der Waals surface area contributed by atoms with Crippen LogP contribution in [0.15, 0.2) is 72.8 Å². The van der Waals surface area contributed by atoms with Crippen LogP contribution in [0.1, 0.15) is 30.0 Å². The smallest absolute Gasteiger partial charge is 0.265 e. The van der Waals surface area contributed by atoms with Crippen molar-refractivity contribution in [1.82, 2.24) is 0 Å². The number of benzene rings is 3. The summed E-state index contributed by atoms with van der Waals surface area (Å²) in [5, 5.41) is 2.89. The number of aryl methyl sites for hydroxylation is 3. The Balaban J connectivity index is 1.45. The van der Waals surface area contributed by atoms with Crippen molar-refractivity contribution < 1.29 is 14.3 Å². The molecule has 1 amide bonds. The fourth-order valence-corrected chi connectivity index (χ4v) is 3.07. The van der Waals surface area contributed by atoms with Crippen molar-refractivity contribution in [3.05, 3.63) is 89.5 Å². The molecule has 4 heteroatoms. The van der Waals surface area contributed by atoms with Crippen LogP contribution in [-0.4, -0.2) is 18.6 Å². The molecule has 1 atom stereocenters. The van der Waals surface area contributed by atoms with Crippen LogP contribution < -0.4 is 14.8 Å². The third-order valence-electron chi connectivity index (χ3n) is 4.86. The Hall–Kier alpha value is -3.27. The number of amides is 1. The minimum atomic E-state index is -0.598. The van der Waals surface area contributed by atoms with E-state index in [1.54, 1.807) is 6.92 Å². The van der Waals surface area contributed by atoms with Crippen LogP contribution in [-0.2, 0) is 11.2 Å². The molecule has 3 aromatic carbocycles. The average Bonchev–Trinajstić information content (AvgIpc) is 2.75. The summed E-state index contributed by atoms with van der Waals surface area (Å²) in [5.41, 5.74) is 4.14. The molecule has 1 unspecified atom stereocenters. The number of hydrogen-bond donors (Lipinski definition) is 1. The zero-order valence-electron chi connectivity index (χ0n) is 17.9. The number of rotatable bonds is 9. The Labute approximate surface area is 178 Å². The molecular formula is C26H29NO3. The normalized spacial score (nSPS) is 11.6. The van der Waals surface area contributed by atoms with E-state index in [-0.39, 0.29) is 5.91 Å². The van der Waals surface area contributed by atoms with Crippen LogP contribution in [0.3, 0.4) is 0 Å². The van der Waals surface area contributed by atoms with E-state index in [0.29, 0.717) is 12.3 Å². The Bertz CT molecular complexity index is 952. The second-order valence-electron chi connectivity index (χ2n) is 7.48. The molecule has 1 N–H and O–H groups in total. The molecule has 30 heavy (non-hydrogen) atoms. The molecule has 0 aliphatic rings. The average molecular weight is 404 g/mol. The SMILES string of the molecule is Cc1ccc(C)c(OC(C)C(=O)Nc2ccc(OCCCc3ccccc3)cc2)c1. The number of carbonyl (C=O) groups excluding carboxylic acids is 1. The molecule has 4 nitrogen and oxygen atoms in total. The third-order valence-corrected chi connectivity index (χ3v) is 4.86. The largest absolute Gasteiger partial charge is 0.494 e. The van der Waals surface area contributed by atoms with Crippen LogP contribution in [0.5, 0.6) is 11.5 Å². The summed E-state index contributed by atoms with van der Waals surface area (Å²) in [5.74, 6) is 1.34. The number of carbonyl (C=O) groups is 1. The van der Waals surface area contributed by atoms with Gasteiger partial charge in [-0.25, -0.2) is 0 Å². The first-order chi connectivity index (χ1) is 14.5. The zero-order valence-corrected chi connectivity index (χ0v) is 17.9. The maximum absolute atomic E-state index is 12.5. The number of hydrogen-bond acceptors (Lipinski definition) is 3. The van der Waals surface area contributed by atoms with Crippen LogP contribution in [0.4, 0.5) is 5.69 Å². The van der Waals surface area contributed by atoms with E-state index in [4.69, 9.17) is 9.47 Å². The first-order valence-electron chi connectivity index (χ1n) is 10.3. The molecule has 3 rings (SSSR count). The summed E-state index contributed by atoms with van der Waals surface area (Å²) in [6.45, 7) is 6.38. The van der Waals surface area contributed by atoms with Gasteiger partial charge in [-0.3, -0.25) is 4.79 Å². The molecular weight excluding hydrogens is 374 g/mol. The number of nitrogens with one attached hydrogen (secondary N) is 1. The standard InChI is InChI=1S/C26H29NO3/c1-19-11-12-20(2)25(18-19)30-21(3)26(28)27-23-13-15-24(16-14-23)29-17-7-10-22-8-5-4-6-9-22/h4-6,8-9,11-16,18,21H,7,10,17H2,1-3H3,(H,27,28). The predicted octanol–water partition coefficient (Wildman–Crippen LogP) is 5.72. The van der Waals surface area contributed by atoms with Gasteiger partial charge in [-0.05, 0) is 80.6 Å². The van der Waals surface area contributed by atoms with E-state index in [2.05, 4.69) is 29.6 Å². The lowest BCUT2D eigenvalue weighted by molar-refractivity contribution is -0.122. The number of ether oxygens (including phenoxy) is 2. The first-order valence-corrected chi connectivity index (χ1v) is 10.3. The van der Waals surface area contributed by atoms with E-state index in [1.807, 2.05) is 62.4 Å². The Kier molecular flexibility index (Phi) is 7.50. The monoisotopic (exact) mass is 403 g/mol. The Morgan fingerprint density at radius 1 is 0.967 bits per heavy atom. The second kappa shape index (κ2) is 10.5. The Morgan fingerprint density at radius 2 is 1.70 bits per heavy atom. The van der Waals surface area contributed by atoms with Crippen LogP contribution >= 0.6 is 0 Å². The molecule has 0 aromatic heterocycles. The first kappa shape index (κ1) is 21.4. The maximum atomic E-state index is 12.5. The summed E-state index contributed by atoms with van der Waals surface area (Å²) in [4.78, 5) is 12.5. The lowest BCUT2D eigenvalue weighted by atomic mass is 10.1. The summed E-state index contributed by atoms with van der Waals surface area (Å²) in [6.07, 6.45) is 1.35. The predicted molar refractivity (Wildman–Crippen MR) is 121 cm³/mol. The van der Waals surface area contributed by atoms with Crippen molar-refractivity contribution in [2.45, 2.75) is 39.7 Å². The lowest BCUT2D eigenvalue weighted by Gasteiger charge is -2.17. The van der Waals surface area contributed by atoms with Gasteiger partial charge in [-0.15, -0.1) is 0 Å². The molecule has 0 saturated heterocycles. The fraction of sp³-hybridized carbons (Fsp3) is 0.269. The summed E-state index contributed by atoms with van der Waals surface area (Å²) >= 11 is 0. The topological polar surface area (TPSA) is 47.6 Å². The quantitative estimate of drug-likeness (QED) is 0.465. The van der Waals surface area contributed by atoms with E-state index in [1.165, 1.54) is 5.56 Å². The highest BCUT2D eigenvalue weighted by atomic mass is 16.5. The van der Waals surface area contributed by atoms with Crippen molar-refractivity contribution >= 4 is 11.6 Å². The van der Waals surface area contributed by atoms with Gasteiger partial charge in [0.15, 0.2) is 6.10 Å². The zero-order chi connectivity index (χ0) is 21.3. The van der Waals surface area contributed by atoms with Gasteiger partial charge in [-0.2, -0.15) is 0 Å². The molecule has 0 aliphatic carbocycles. The highest BCUT2D eigenvalue weighted by Crippen LogP contribution is 2.21. The van der Waals surface area contributed by atoms with Gasteiger partial charge in [0.2, 0.25) is 0 Å². The fourth-order valence-electron chi connectivity index (χ4n) is 3.07. The molecule has 3 aromatic rings. The van der Waals surface area contributed by atoms with Gasteiger partial charge in [0.25, 0.3) is 5.91 Å². The van der Waals surface area contributed by atoms with Crippen molar-refractivity contribution in [3.8, 4) is 11.5 Å². The highest BCUT2D eigenvalue weighted by molar-refractivity contribution is 5.94. The minimum absolute atomic E-state index is 0.188. The molecule has 0 spiro atoms. The van der Waals surface area contributed by atoms with Crippen molar-refractivity contribution in [2.24, 2.45) is 0 Å². The van der Waals surface area contributed by atoms with E-state index < -0.39 is 6.10 Å². The lowest BCUT2D eigenvalue weighted by Crippen LogP contribution is -2.30. The molecule has 0 fully saturated rings. The van der Waals surface area contributed by atoms with Gasteiger partial charge in [0, 0.05) is 5.69 Å². The molecule has 0 heterocycles. The van der Waals surface area contributed by atoms with Crippen molar-refractivity contribution in [3.63, 3.8) is 0 Å². The van der Waals surface area contributed by atoms with Gasteiger partial charge in [0.05, 0.1) is 6.61 Å². The summed E-state index contributed by atoms with van der Waals surface area (Å²) in [6, 6.07) is 23.8. The molecule has 0 bridgehead atoms. The van der Waals surface area contributed by atoms with Gasteiger partial charge in [-0.1, -0.05) is 42.5 Å². The molecule has 0 aliphatic heterocycles. The van der Waals surface area contributed by atoms with Crippen LogP contribution in [0.25, 0.3) is 0 Å². The van der Waals surface area contributed by atoms with Gasteiger partial charge >= 0.3 is 0 Å². The van der Waals surface area contributed by atoms with Crippen molar-refractivity contribution in [1.29, 1.82) is 0 Å². The third kappa shape index (κ3) is 6.38. The second-order valence-corrected chi connectivity index (χ2v) is 7.48. The summed E-state index contributed by atoms with van der Waals surface area (Å²) < 4.78 is 11.7. The molecule has 156 valence electrons. The Morgan fingerprint density at radius 3 is 2.43 bits per heavy atom. The summed E-state index contributed by atoms with van der Waals surface area (Å²) in [7, 11) is 0. The maximum Gasteiger partial charge on any atom is 0.265 e. The van der Waals surface area contributed by atoms with Crippen LogP contribution in [0, 0.1) is 13.8 Å². The molecule has 0 saturated carbocycles. The van der Waals surface area contributed by atoms with E-state index in [9.17, 15) is 4.79 Å². The van der Waals surface area contributed by atoms with Crippen LogP contribution in [0.2, 0.25) is 0 Å². The number of anilines is 1. The van der Waals surface area contributed by atoms with Gasteiger partial charge < -0.3 is 14.8 Å². The highest BCUT2D eigenvalue weighted by Gasteiger charge is 2.16. The van der Waals surface area contributed by atoms with E-state index >= 15 is 0 Å². The van der Waals surface area contributed by atoms with Crippen molar-refractivity contribution in [2.75, 3.05) is 11.9 Å².